The monoisotopic (exact) mass is 720 g/mol. The maximum Gasteiger partial charge on any atom is 0.407 e. The van der Waals surface area contributed by atoms with E-state index < -0.39 is 65.7 Å². The van der Waals surface area contributed by atoms with Crippen LogP contribution in [0.25, 0.3) is 11.3 Å². The number of benzene rings is 2. The number of hydrogen-bond donors (Lipinski definition) is 6. The molecule has 1 aromatic heterocycles. The second kappa shape index (κ2) is 19.0. The van der Waals surface area contributed by atoms with Gasteiger partial charge in [-0.05, 0) is 35.1 Å². The molecule has 3 aromatic rings. The van der Waals surface area contributed by atoms with Crippen molar-refractivity contribution in [1.82, 2.24) is 31.4 Å². The van der Waals surface area contributed by atoms with E-state index in [1.165, 1.54) is 19.2 Å². The predicted octanol–water partition coefficient (Wildman–Crippen LogP) is 3.18. The number of pyridine rings is 1. The number of aromatic nitrogens is 1. The molecule has 3 rings (SSSR count). The molecule has 4 amide bonds. The molecule has 14 nitrogen and oxygen atoms in total. The maximum atomic E-state index is 13.8. The number of ether oxygens (including phenoxy) is 2. The molecule has 0 aliphatic heterocycles. The summed E-state index contributed by atoms with van der Waals surface area (Å²) in [6.07, 6.45) is -0.993. The molecule has 4 atom stereocenters. The van der Waals surface area contributed by atoms with Crippen molar-refractivity contribution >= 4 is 24.0 Å². The molecule has 0 aliphatic carbocycles. The van der Waals surface area contributed by atoms with Crippen LogP contribution in [0.5, 0.6) is 0 Å². The van der Waals surface area contributed by atoms with E-state index >= 15 is 0 Å². The molecule has 0 aliphatic rings. The third-order valence-electron chi connectivity index (χ3n) is 8.53. The van der Waals surface area contributed by atoms with Gasteiger partial charge in [0.1, 0.15) is 12.1 Å². The molecule has 2 aromatic carbocycles. The minimum atomic E-state index is -1.27. The molecule has 0 unspecified atom stereocenters. The number of hydrazine groups is 1. The minimum Gasteiger partial charge on any atom is -0.453 e. The van der Waals surface area contributed by atoms with Crippen LogP contribution >= 0.6 is 0 Å². The number of nitrogens with one attached hydrogen (secondary N) is 4. The predicted molar refractivity (Wildman–Crippen MR) is 195 cm³/mol. The smallest absolute Gasteiger partial charge is 0.407 e. The molecule has 0 spiro atoms. The summed E-state index contributed by atoms with van der Waals surface area (Å²) in [5, 5.41) is 31.5. The van der Waals surface area contributed by atoms with Gasteiger partial charge in [0.15, 0.2) is 0 Å². The Kier molecular flexibility index (Phi) is 15.1. The van der Waals surface area contributed by atoms with Crippen LogP contribution in [-0.4, -0.2) is 95.8 Å². The first-order valence-corrected chi connectivity index (χ1v) is 17.0. The molecule has 1 heterocycles. The van der Waals surface area contributed by atoms with Crippen LogP contribution in [0.15, 0.2) is 79.0 Å². The number of carbonyl (C=O) groups excluding carboxylic acids is 4. The molecule has 52 heavy (non-hydrogen) atoms. The van der Waals surface area contributed by atoms with Crippen LogP contribution in [0.3, 0.4) is 0 Å². The van der Waals surface area contributed by atoms with Gasteiger partial charge in [-0.1, -0.05) is 95.3 Å². The van der Waals surface area contributed by atoms with Crippen LogP contribution in [0.4, 0.5) is 9.59 Å². The molecule has 282 valence electrons. The lowest BCUT2D eigenvalue weighted by Crippen LogP contribution is -2.61. The summed E-state index contributed by atoms with van der Waals surface area (Å²) in [5.74, 6) is -1.20. The van der Waals surface area contributed by atoms with E-state index in [1.54, 1.807) is 40.8 Å². The first-order valence-electron chi connectivity index (χ1n) is 17.0. The number of amides is 4. The lowest BCUT2D eigenvalue weighted by Gasteiger charge is -2.36. The van der Waals surface area contributed by atoms with Crippen molar-refractivity contribution in [2.75, 3.05) is 27.4 Å². The van der Waals surface area contributed by atoms with E-state index in [-0.39, 0.29) is 19.5 Å². The third kappa shape index (κ3) is 12.3. The Morgan fingerprint density at radius 3 is 1.90 bits per heavy atom. The fraction of sp³-hybridized carbons (Fsp3) is 0.447. The number of aliphatic hydroxyl groups is 2. The van der Waals surface area contributed by atoms with Crippen LogP contribution in [0.1, 0.15) is 45.7 Å². The van der Waals surface area contributed by atoms with E-state index in [4.69, 9.17) is 9.47 Å². The van der Waals surface area contributed by atoms with Crippen molar-refractivity contribution in [3.8, 4) is 11.3 Å². The first kappa shape index (κ1) is 41.4. The molecule has 14 heteroatoms. The lowest BCUT2D eigenvalue weighted by atomic mass is 9.85. The quantitative estimate of drug-likeness (QED) is 0.120. The fourth-order valence-electron chi connectivity index (χ4n) is 5.41. The molecule has 0 bridgehead atoms. The van der Waals surface area contributed by atoms with Crippen molar-refractivity contribution in [2.24, 2.45) is 10.8 Å². The van der Waals surface area contributed by atoms with Crippen LogP contribution in [0, 0.1) is 10.8 Å². The summed E-state index contributed by atoms with van der Waals surface area (Å²) in [6.45, 7) is 8.09. The zero-order chi connectivity index (χ0) is 38.5. The molecule has 0 fully saturated rings. The molecule has 6 N–H and O–H groups in total. The highest BCUT2D eigenvalue weighted by Gasteiger charge is 2.39. The number of nitrogens with zero attached hydrogens (tertiary/aromatic N) is 2. The van der Waals surface area contributed by atoms with Gasteiger partial charge >= 0.3 is 12.2 Å². The second-order valence-corrected chi connectivity index (χ2v) is 14.3. The van der Waals surface area contributed by atoms with Gasteiger partial charge in [0, 0.05) is 30.3 Å². The molecule has 0 saturated carbocycles. The van der Waals surface area contributed by atoms with E-state index in [1.807, 2.05) is 72.8 Å². The summed E-state index contributed by atoms with van der Waals surface area (Å²) in [4.78, 5) is 56.4. The Morgan fingerprint density at radius 2 is 1.37 bits per heavy atom. The summed E-state index contributed by atoms with van der Waals surface area (Å²) >= 11 is 0. The first-order chi connectivity index (χ1) is 24.6. The summed E-state index contributed by atoms with van der Waals surface area (Å²) in [7, 11) is 2.37. The van der Waals surface area contributed by atoms with Crippen molar-refractivity contribution < 1.29 is 38.9 Å². The number of alkyl carbamates (subject to hydrolysis) is 2. The Hall–Kier alpha value is -5.05. The van der Waals surface area contributed by atoms with Crippen molar-refractivity contribution in [2.45, 2.75) is 71.8 Å². The Balaban J connectivity index is 1.97. The highest BCUT2D eigenvalue weighted by Crippen LogP contribution is 2.23. The Labute approximate surface area is 305 Å². The van der Waals surface area contributed by atoms with Gasteiger partial charge < -0.3 is 35.6 Å². The SMILES string of the molecule is COC(=O)N[C@H](C(=O)N[C@@H](Cc1ccccc1)[C@@H](O)CN(Cc1ccc(-c2ccccn2)cc1)NC(=O)[C@@H](NC(=O)OC)C(C)(C)CO)C(C)(C)C. The molecular weight excluding hydrogens is 668 g/mol. The van der Waals surface area contributed by atoms with Gasteiger partial charge in [0.2, 0.25) is 5.91 Å². The van der Waals surface area contributed by atoms with Gasteiger partial charge in [0.25, 0.3) is 5.91 Å². The minimum absolute atomic E-state index is 0.107. The van der Waals surface area contributed by atoms with Crippen LogP contribution < -0.4 is 21.4 Å². The van der Waals surface area contributed by atoms with E-state index in [0.29, 0.717) is 0 Å². The van der Waals surface area contributed by atoms with Crippen molar-refractivity contribution in [3.05, 3.63) is 90.1 Å². The fourth-order valence-corrected chi connectivity index (χ4v) is 5.41. The van der Waals surface area contributed by atoms with Gasteiger partial charge in [0.05, 0.1) is 38.7 Å². The van der Waals surface area contributed by atoms with Crippen LogP contribution in [-0.2, 0) is 32.0 Å². The molecule has 0 saturated heterocycles. The van der Waals surface area contributed by atoms with E-state index in [9.17, 15) is 29.4 Å². The maximum absolute atomic E-state index is 13.8. The summed E-state index contributed by atoms with van der Waals surface area (Å²) < 4.78 is 9.49. The standard InChI is InChI=1S/C38H52N6O8/c1-37(2,3)31(41-35(49)51-6)33(47)40-29(21-25-13-9-8-10-14-25)30(46)23-44(43-34(48)32(38(4,5)24-45)42-36(50)52-7)22-26-16-18-27(19-17-26)28-15-11-12-20-39-28/h8-20,29-32,45-46H,21-24H2,1-7H3,(H,40,47)(H,41,49)(H,42,50)(H,43,48)/t29-,30-,31+,32+/m0/s1. The highest BCUT2D eigenvalue weighted by molar-refractivity contribution is 5.87. The Bertz CT molecular complexity index is 1600. The van der Waals surface area contributed by atoms with Gasteiger partial charge in [-0.2, -0.15) is 0 Å². The van der Waals surface area contributed by atoms with Gasteiger partial charge in [-0.3, -0.25) is 20.0 Å². The summed E-state index contributed by atoms with van der Waals surface area (Å²) in [5.41, 5.74) is 4.26. The van der Waals surface area contributed by atoms with Gasteiger partial charge in [-0.15, -0.1) is 0 Å². The third-order valence-corrected chi connectivity index (χ3v) is 8.53. The number of methoxy groups -OCH3 is 2. The lowest BCUT2D eigenvalue weighted by molar-refractivity contribution is -0.133. The zero-order valence-electron chi connectivity index (χ0n) is 30.9. The highest BCUT2D eigenvalue weighted by atomic mass is 16.5. The van der Waals surface area contributed by atoms with Crippen LogP contribution in [0.2, 0.25) is 0 Å². The normalized spacial score (nSPS) is 14.0. The van der Waals surface area contributed by atoms with E-state index in [0.717, 1.165) is 22.4 Å². The molecule has 0 radical (unpaired) electrons. The van der Waals surface area contributed by atoms with Crippen molar-refractivity contribution in [1.29, 1.82) is 0 Å². The van der Waals surface area contributed by atoms with E-state index in [2.05, 4.69) is 26.4 Å². The number of carbonyl (C=O) groups is 4. The number of aliphatic hydroxyl groups excluding tert-OH is 2. The Morgan fingerprint density at radius 1 is 0.769 bits per heavy atom. The zero-order valence-corrected chi connectivity index (χ0v) is 30.9. The van der Waals surface area contributed by atoms with Crippen molar-refractivity contribution in [3.63, 3.8) is 0 Å². The van der Waals surface area contributed by atoms with Gasteiger partial charge in [-0.25, -0.2) is 14.6 Å². The number of hydrogen-bond acceptors (Lipinski definition) is 10. The molecular formula is C38H52N6O8. The average Bonchev–Trinajstić information content (AvgIpc) is 3.12. The summed E-state index contributed by atoms with van der Waals surface area (Å²) in [6, 6.07) is 19.3. The average molecular weight is 721 g/mol. The largest absolute Gasteiger partial charge is 0.453 e. The second-order valence-electron chi connectivity index (χ2n) is 14.3. The number of rotatable bonds is 16. The topological polar surface area (TPSA) is 191 Å².